The summed E-state index contributed by atoms with van der Waals surface area (Å²) < 4.78 is 10.9. The highest BCUT2D eigenvalue weighted by Crippen LogP contribution is 2.16. The highest BCUT2D eigenvalue weighted by molar-refractivity contribution is 5.80. The predicted molar refractivity (Wildman–Crippen MR) is 115 cm³/mol. The van der Waals surface area contributed by atoms with Gasteiger partial charge in [-0.1, -0.05) is 42.5 Å². The van der Waals surface area contributed by atoms with E-state index in [-0.39, 0.29) is 12.5 Å². The normalized spacial score (nSPS) is 10.2. The van der Waals surface area contributed by atoms with E-state index < -0.39 is 0 Å². The number of ether oxygens (including phenoxy) is 2. The Kier molecular flexibility index (Phi) is 7.52. The van der Waals surface area contributed by atoms with Crippen LogP contribution in [0.2, 0.25) is 0 Å². The maximum absolute atomic E-state index is 12.0. The van der Waals surface area contributed by atoms with E-state index in [0.717, 1.165) is 29.2 Å². The average molecular weight is 390 g/mol. The molecule has 0 atom stereocenters. The van der Waals surface area contributed by atoms with Crippen LogP contribution < -0.4 is 20.1 Å². The lowest BCUT2D eigenvalue weighted by molar-refractivity contribution is -0.119. The van der Waals surface area contributed by atoms with Crippen molar-refractivity contribution in [2.75, 3.05) is 25.6 Å². The third-order valence-electron chi connectivity index (χ3n) is 4.46. The zero-order valence-electron chi connectivity index (χ0n) is 16.6. The molecule has 29 heavy (non-hydrogen) atoms. The van der Waals surface area contributed by atoms with Gasteiger partial charge in [-0.3, -0.25) is 4.79 Å². The van der Waals surface area contributed by atoms with Crippen LogP contribution in [0.5, 0.6) is 11.5 Å². The van der Waals surface area contributed by atoms with E-state index in [1.807, 2.05) is 66.7 Å². The first kappa shape index (κ1) is 20.3. The number of hydrogen-bond donors (Lipinski definition) is 2. The van der Waals surface area contributed by atoms with Gasteiger partial charge in [-0.15, -0.1) is 0 Å². The lowest BCUT2D eigenvalue weighted by atomic mass is 10.2. The maximum Gasteiger partial charge on any atom is 0.239 e. The lowest BCUT2D eigenvalue weighted by Gasteiger charge is -2.10. The van der Waals surface area contributed by atoms with Crippen LogP contribution in [-0.4, -0.2) is 26.2 Å². The molecule has 0 radical (unpaired) electrons. The highest BCUT2D eigenvalue weighted by Gasteiger charge is 2.03. The van der Waals surface area contributed by atoms with Gasteiger partial charge in [0.25, 0.3) is 0 Å². The first-order valence-electron chi connectivity index (χ1n) is 9.63. The third kappa shape index (κ3) is 6.88. The Morgan fingerprint density at radius 3 is 2.21 bits per heavy atom. The number of rotatable bonds is 10. The van der Waals surface area contributed by atoms with Gasteiger partial charge < -0.3 is 20.1 Å². The van der Waals surface area contributed by atoms with Crippen LogP contribution in [0.3, 0.4) is 0 Å². The van der Waals surface area contributed by atoms with Gasteiger partial charge >= 0.3 is 0 Å². The van der Waals surface area contributed by atoms with E-state index in [1.54, 1.807) is 7.11 Å². The summed E-state index contributed by atoms with van der Waals surface area (Å²) in [6.45, 7) is 1.33. The fourth-order valence-electron chi connectivity index (χ4n) is 2.79. The van der Waals surface area contributed by atoms with Crippen molar-refractivity contribution in [1.82, 2.24) is 5.32 Å². The fourth-order valence-corrected chi connectivity index (χ4v) is 2.79. The fraction of sp³-hybridized carbons (Fsp3) is 0.208. The summed E-state index contributed by atoms with van der Waals surface area (Å²) in [7, 11) is 1.63. The molecule has 2 N–H and O–H groups in total. The molecule has 0 heterocycles. The van der Waals surface area contributed by atoms with Crippen molar-refractivity contribution >= 4 is 11.6 Å². The predicted octanol–water partition coefficient (Wildman–Crippen LogP) is 4.05. The number of anilines is 1. The number of nitrogens with one attached hydrogen (secondary N) is 2. The molecule has 0 unspecified atom stereocenters. The molecule has 150 valence electrons. The molecular weight excluding hydrogens is 364 g/mol. The summed E-state index contributed by atoms with van der Waals surface area (Å²) in [5.41, 5.74) is 3.16. The molecule has 0 bridgehead atoms. The summed E-state index contributed by atoms with van der Waals surface area (Å²) >= 11 is 0. The number of methoxy groups -OCH3 is 1. The molecule has 0 aliphatic carbocycles. The Bertz CT molecular complexity index is 878. The van der Waals surface area contributed by atoms with E-state index in [4.69, 9.17) is 9.47 Å². The van der Waals surface area contributed by atoms with Crippen LogP contribution in [0.25, 0.3) is 0 Å². The van der Waals surface area contributed by atoms with Gasteiger partial charge in [0.05, 0.1) is 20.3 Å². The zero-order valence-corrected chi connectivity index (χ0v) is 16.6. The van der Waals surface area contributed by atoms with E-state index in [0.29, 0.717) is 13.2 Å². The molecule has 0 aromatic heterocycles. The minimum absolute atomic E-state index is 0.0657. The monoisotopic (exact) mass is 390 g/mol. The molecule has 1 amide bonds. The Morgan fingerprint density at radius 2 is 1.52 bits per heavy atom. The molecule has 0 fully saturated rings. The zero-order chi connectivity index (χ0) is 20.3. The lowest BCUT2D eigenvalue weighted by Crippen LogP contribution is -2.29. The summed E-state index contributed by atoms with van der Waals surface area (Å²) in [6.07, 6.45) is 0.870. The van der Waals surface area contributed by atoms with Crippen molar-refractivity contribution in [3.63, 3.8) is 0 Å². The molecule has 5 nitrogen and oxygen atoms in total. The summed E-state index contributed by atoms with van der Waals surface area (Å²) in [5.74, 6) is 1.55. The van der Waals surface area contributed by atoms with Crippen LogP contribution in [0, 0.1) is 0 Å². The molecule has 0 aliphatic heterocycles. The van der Waals surface area contributed by atoms with Crippen LogP contribution in [0.15, 0.2) is 78.9 Å². The van der Waals surface area contributed by atoms with Gasteiger partial charge in [-0.2, -0.15) is 0 Å². The molecule has 0 saturated heterocycles. The summed E-state index contributed by atoms with van der Waals surface area (Å²) in [4.78, 5) is 12.0. The molecular formula is C24H26N2O3. The van der Waals surface area contributed by atoms with Crippen molar-refractivity contribution in [1.29, 1.82) is 0 Å². The second-order valence-corrected chi connectivity index (χ2v) is 6.59. The Morgan fingerprint density at radius 1 is 0.828 bits per heavy atom. The summed E-state index contributed by atoms with van der Waals surface area (Å²) in [6, 6.07) is 25.5. The molecule has 3 rings (SSSR count). The van der Waals surface area contributed by atoms with E-state index in [2.05, 4.69) is 22.8 Å². The number of hydrogen-bond acceptors (Lipinski definition) is 4. The van der Waals surface area contributed by atoms with Crippen molar-refractivity contribution in [2.24, 2.45) is 0 Å². The largest absolute Gasteiger partial charge is 0.497 e. The van der Waals surface area contributed by atoms with Crippen LogP contribution in [0.1, 0.15) is 11.1 Å². The van der Waals surface area contributed by atoms with Gasteiger partial charge in [0, 0.05) is 18.7 Å². The standard InChI is InChI=1S/C24H26N2O3/c1-28-22-11-7-20(8-12-22)17-26-24(27)18-25-21-9-13-23(14-10-21)29-16-15-19-5-3-2-4-6-19/h2-14,25H,15-18H2,1H3,(H,26,27). The number of carbonyl (C=O) groups is 1. The van der Waals surface area contributed by atoms with Crippen molar-refractivity contribution in [3.8, 4) is 11.5 Å². The third-order valence-corrected chi connectivity index (χ3v) is 4.46. The van der Waals surface area contributed by atoms with Gasteiger partial charge in [0.1, 0.15) is 11.5 Å². The Hall–Kier alpha value is -3.47. The number of benzene rings is 3. The Balaban J connectivity index is 1.36. The van der Waals surface area contributed by atoms with Crippen LogP contribution >= 0.6 is 0 Å². The molecule has 3 aromatic rings. The number of amides is 1. The summed E-state index contributed by atoms with van der Waals surface area (Å²) in [5, 5.41) is 6.02. The minimum atomic E-state index is -0.0657. The van der Waals surface area contributed by atoms with Crippen molar-refractivity contribution in [2.45, 2.75) is 13.0 Å². The molecule has 3 aromatic carbocycles. The SMILES string of the molecule is COc1ccc(CNC(=O)CNc2ccc(OCCc3ccccc3)cc2)cc1. The van der Waals surface area contributed by atoms with E-state index in [9.17, 15) is 4.79 Å². The van der Waals surface area contributed by atoms with E-state index >= 15 is 0 Å². The molecule has 0 spiro atoms. The smallest absolute Gasteiger partial charge is 0.239 e. The molecule has 0 saturated carbocycles. The maximum atomic E-state index is 12.0. The van der Waals surface area contributed by atoms with Gasteiger partial charge in [-0.05, 0) is 47.5 Å². The second-order valence-electron chi connectivity index (χ2n) is 6.59. The van der Waals surface area contributed by atoms with Gasteiger partial charge in [0.15, 0.2) is 0 Å². The van der Waals surface area contributed by atoms with Crippen molar-refractivity contribution in [3.05, 3.63) is 90.0 Å². The molecule has 0 aliphatic rings. The minimum Gasteiger partial charge on any atom is -0.497 e. The average Bonchev–Trinajstić information content (AvgIpc) is 2.78. The van der Waals surface area contributed by atoms with Crippen LogP contribution in [0.4, 0.5) is 5.69 Å². The quantitative estimate of drug-likeness (QED) is 0.548. The highest BCUT2D eigenvalue weighted by atomic mass is 16.5. The Labute approximate surface area is 171 Å². The number of carbonyl (C=O) groups excluding carboxylic acids is 1. The second kappa shape index (κ2) is 10.8. The van der Waals surface area contributed by atoms with Crippen molar-refractivity contribution < 1.29 is 14.3 Å². The first-order chi connectivity index (χ1) is 14.2. The van der Waals surface area contributed by atoms with Gasteiger partial charge in [-0.25, -0.2) is 0 Å². The first-order valence-corrected chi connectivity index (χ1v) is 9.63. The van der Waals surface area contributed by atoms with Crippen LogP contribution in [-0.2, 0) is 17.8 Å². The van der Waals surface area contributed by atoms with Gasteiger partial charge in [0.2, 0.25) is 5.91 Å². The topological polar surface area (TPSA) is 59.6 Å². The molecule has 5 heteroatoms. The van der Waals surface area contributed by atoms with E-state index in [1.165, 1.54) is 5.56 Å².